The molecule has 4 nitrogen and oxygen atoms in total. The van der Waals surface area contributed by atoms with Gasteiger partial charge in [0.2, 0.25) is 0 Å². The normalized spacial score (nSPS) is 10.3. The number of nitrogen functional groups attached to an aromatic ring is 1. The van der Waals surface area contributed by atoms with Crippen molar-refractivity contribution in [3.05, 3.63) is 52.3 Å². The van der Waals surface area contributed by atoms with Crippen LogP contribution in [0.2, 0.25) is 5.15 Å². The van der Waals surface area contributed by atoms with Gasteiger partial charge in [-0.2, -0.15) is 0 Å². The number of nitrogens with zero attached hydrogens (tertiary/aromatic N) is 1. The number of hydrogen-bond acceptors (Lipinski definition) is 3. The van der Waals surface area contributed by atoms with Crippen LogP contribution in [-0.4, -0.2) is 10.9 Å². The van der Waals surface area contributed by atoms with Crippen LogP contribution in [0.25, 0.3) is 0 Å². The van der Waals surface area contributed by atoms with Gasteiger partial charge < -0.3 is 11.1 Å². The Labute approximate surface area is 123 Å². The van der Waals surface area contributed by atoms with Gasteiger partial charge in [0.05, 0.1) is 17.4 Å². The zero-order chi connectivity index (χ0) is 14.7. The monoisotopic (exact) mass is 289 g/mol. The molecule has 104 valence electrons. The Hall–Kier alpha value is -2.07. The summed E-state index contributed by atoms with van der Waals surface area (Å²) in [7, 11) is 0. The number of carbonyl (C=O) groups is 1. The smallest absolute Gasteiger partial charge is 0.257 e. The Bertz CT molecular complexity index is 656. The Morgan fingerprint density at radius 2 is 2.20 bits per heavy atom. The maximum atomic E-state index is 12.3. The molecule has 2 aromatic rings. The number of pyridine rings is 1. The lowest BCUT2D eigenvalue weighted by Gasteiger charge is -2.13. The number of para-hydroxylation sites is 1. The van der Waals surface area contributed by atoms with Gasteiger partial charge in [0.15, 0.2) is 0 Å². The molecule has 0 atom stereocenters. The number of amides is 1. The predicted octanol–water partition coefficient (Wildman–Crippen LogP) is 3.44. The van der Waals surface area contributed by atoms with Crippen LogP contribution in [0.15, 0.2) is 30.5 Å². The van der Waals surface area contributed by atoms with Crippen molar-refractivity contribution in [3.8, 4) is 0 Å². The third kappa shape index (κ3) is 2.91. The van der Waals surface area contributed by atoms with Crippen LogP contribution < -0.4 is 11.1 Å². The predicted molar refractivity (Wildman–Crippen MR) is 82.2 cm³/mol. The van der Waals surface area contributed by atoms with Crippen LogP contribution in [-0.2, 0) is 6.42 Å². The van der Waals surface area contributed by atoms with E-state index in [9.17, 15) is 4.79 Å². The molecule has 2 rings (SSSR count). The highest BCUT2D eigenvalue weighted by atomic mass is 35.5. The summed E-state index contributed by atoms with van der Waals surface area (Å²) in [5.74, 6) is -0.282. The second kappa shape index (κ2) is 5.92. The van der Waals surface area contributed by atoms with E-state index in [0.717, 1.165) is 23.2 Å². The van der Waals surface area contributed by atoms with Crippen LogP contribution in [0, 0.1) is 6.92 Å². The molecule has 20 heavy (non-hydrogen) atoms. The zero-order valence-corrected chi connectivity index (χ0v) is 12.2. The van der Waals surface area contributed by atoms with Gasteiger partial charge in [-0.25, -0.2) is 4.98 Å². The summed E-state index contributed by atoms with van der Waals surface area (Å²) in [5.41, 5.74) is 9.32. The number of rotatable bonds is 3. The molecule has 0 bridgehead atoms. The van der Waals surface area contributed by atoms with Gasteiger partial charge in [0, 0.05) is 5.69 Å². The molecule has 1 aromatic carbocycles. The van der Waals surface area contributed by atoms with Crippen molar-refractivity contribution in [2.45, 2.75) is 20.3 Å². The summed E-state index contributed by atoms with van der Waals surface area (Å²) in [5, 5.41) is 3.15. The lowest BCUT2D eigenvalue weighted by Crippen LogP contribution is -2.16. The summed E-state index contributed by atoms with van der Waals surface area (Å²) in [6, 6.07) is 7.39. The highest BCUT2D eigenvalue weighted by Gasteiger charge is 2.14. The minimum absolute atomic E-state index is 0.241. The molecule has 1 amide bonds. The van der Waals surface area contributed by atoms with E-state index in [-0.39, 0.29) is 11.1 Å². The van der Waals surface area contributed by atoms with Gasteiger partial charge in [0.1, 0.15) is 5.15 Å². The quantitative estimate of drug-likeness (QED) is 0.851. The minimum Gasteiger partial charge on any atom is -0.397 e. The number of benzene rings is 1. The fourth-order valence-corrected chi connectivity index (χ4v) is 2.18. The molecule has 0 fully saturated rings. The van der Waals surface area contributed by atoms with Crippen molar-refractivity contribution < 1.29 is 4.79 Å². The summed E-state index contributed by atoms with van der Waals surface area (Å²) in [4.78, 5) is 16.2. The SMILES string of the molecule is CCc1cccc(C)c1NC(=O)c1cc(Cl)ncc1N. The van der Waals surface area contributed by atoms with Crippen LogP contribution in [0.5, 0.6) is 0 Å². The number of anilines is 2. The summed E-state index contributed by atoms with van der Waals surface area (Å²) in [6.07, 6.45) is 2.22. The Balaban J connectivity index is 2.35. The van der Waals surface area contributed by atoms with Gasteiger partial charge in [-0.15, -0.1) is 0 Å². The third-order valence-electron chi connectivity index (χ3n) is 3.12. The molecule has 0 unspecified atom stereocenters. The van der Waals surface area contributed by atoms with E-state index in [1.165, 1.54) is 12.3 Å². The van der Waals surface area contributed by atoms with E-state index in [4.69, 9.17) is 17.3 Å². The van der Waals surface area contributed by atoms with E-state index in [2.05, 4.69) is 10.3 Å². The van der Waals surface area contributed by atoms with E-state index >= 15 is 0 Å². The van der Waals surface area contributed by atoms with Crippen molar-refractivity contribution in [2.24, 2.45) is 0 Å². The molecule has 1 heterocycles. The summed E-state index contributed by atoms with van der Waals surface area (Å²) >= 11 is 5.81. The Kier molecular flexibility index (Phi) is 4.25. The molecule has 0 aliphatic heterocycles. The standard InChI is InChI=1S/C15H16ClN3O/c1-3-10-6-4-5-9(2)14(10)19-15(20)11-7-13(16)18-8-12(11)17/h4-8H,3,17H2,1-2H3,(H,19,20). The second-order valence-electron chi connectivity index (χ2n) is 4.51. The van der Waals surface area contributed by atoms with Crippen LogP contribution in [0.4, 0.5) is 11.4 Å². The lowest BCUT2D eigenvalue weighted by molar-refractivity contribution is 0.102. The van der Waals surface area contributed by atoms with Gasteiger partial charge in [-0.05, 0) is 30.5 Å². The number of nitrogens with two attached hydrogens (primary N) is 1. The Morgan fingerprint density at radius 3 is 2.90 bits per heavy atom. The molecule has 3 N–H and O–H groups in total. The second-order valence-corrected chi connectivity index (χ2v) is 4.90. The topological polar surface area (TPSA) is 68.0 Å². The highest BCUT2D eigenvalue weighted by molar-refractivity contribution is 6.30. The van der Waals surface area contributed by atoms with Crippen molar-refractivity contribution in [1.82, 2.24) is 4.98 Å². The minimum atomic E-state index is -0.282. The number of nitrogens with one attached hydrogen (secondary N) is 1. The van der Waals surface area contributed by atoms with E-state index in [1.807, 2.05) is 32.0 Å². The third-order valence-corrected chi connectivity index (χ3v) is 3.33. The number of carbonyl (C=O) groups excluding carboxylic acids is 1. The van der Waals surface area contributed by atoms with Gasteiger partial charge in [-0.1, -0.05) is 36.7 Å². The average molecular weight is 290 g/mol. The first kappa shape index (κ1) is 14.3. The fraction of sp³-hybridized carbons (Fsp3) is 0.200. The van der Waals surface area contributed by atoms with Gasteiger partial charge >= 0.3 is 0 Å². The van der Waals surface area contributed by atoms with Crippen molar-refractivity contribution in [1.29, 1.82) is 0 Å². The molecule has 5 heteroatoms. The average Bonchev–Trinajstić information content (AvgIpc) is 2.43. The Morgan fingerprint density at radius 1 is 1.45 bits per heavy atom. The number of aryl methyl sites for hydroxylation is 2. The van der Waals surface area contributed by atoms with Gasteiger partial charge in [0.25, 0.3) is 5.91 Å². The van der Waals surface area contributed by atoms with Crippen molar-refractivity contribution >= 4 is 28.9 Å². The van der Waals surface area contributed by atoms with E-state index in [1.54, 1.807) is 0 Å². The molecular weight excluding hydrogens is 274 g/mol. The fourth-order valence-electron chi connectivity index (χ4n) is 2.02. The number of aromatic nitrogens is 1. The number of hydrogen-bond donors (Lipinski definition) is 2. The first-order chi connectivity index (χ1) is 9.52. The first-order valence-electron chi connectivity index (χ1n) is 6.33. The molecule has 0 radical (unpaired) electrons. The highest BCUT2D eigenvalue weighted by Crippen LogP contribution is 2.23. The van der Waals surface area contributed by atoms with Crippen molar-refractivity contribution in [2.75, 3.05) is 11.1 Å². The van der Waals surface area contributed by atoms with E-state index < -0.39 is 0 Å². The molecule has 0 saturated carbocycles. The lowest BCUT2D eigenvalue weighted by atomic mass is 10.1. The van der Waals surface area contributed by atoms with E-state index in [0.29, 0.717) is 11.3 Å². The molecule has 1 aromatic heterocycles. The zero-order valence-electron chi connectivity index (χ0n) is 11.4. The van der Waals surface area contributed by atoms with Crippen molar-refractivity contribution in [3.63, 3.8) is 0 Å². The number of halogens is 1. The van der Waals surface area contributed by atoms with Crippen LogP contribution >= 0.6 is 11.6 Å². The molecule has 0 spiro atoms. The van der Waals surface area contributed by atoms with Gasteiger partial charge in [-0.3, -0.25) is 4.79 Å². The molecule has 0 aliphatic carbocycles. The largest absolute Gasteiger partial charge is 0.397 e. The maximum Gasteiger partial charge on any atom is 0.257 e. The summed E-state index contributed by atoms with van der Waals surface area (Å²) in [6.45, 7) is 4.00. The molecule has 0 aliphatic rings. The molecule has 0 saturated heterocycles. The van der Waals surface area contributed by atoms with Crippen LogP contribution in [0.3, 0.4) is 0 Å². The summed E-state index contributed by atoms with van der Waals surface area (Å²) < 4.78 is 0. The maximum absolute atomic E-state index is 12.3. The first-order valence-corrected chi connectivity index (χ1v) is 6.71. The van der Waals surface area contributed by atoms with Crippen LogP contribution in [0.1, 0.15) is 28.4 Å². The molecular formula is C15H16ClN3O.